The van der Waals surface area contributed by atoms with Gasteiger partial charge in [0.05, 0.1) is 17.1 Å². The van der Waals surface area contributed by atoms with Crippen LogP contribution in [0.1, 0.15) is 34.1 Å². The van der Waals surface area contributed by atoms with Crippen LogP contribution in [0.25, 0.3) is 16.6 Å². The number of hydrogen-bond donors (Lipinski definition) is 2. The Morgan fingerprint density at radius 2 is 2.12 bits per heavy atom. The Kier molecular flexibility index (Phi) is 6.43. The van der Waals surface area contributed by atoms with Gasteiger partial charge in [0.2, 0.25) is 0 Å². The van der Waals surface area contributed by atoms with Gasteiger partial charge in [0.25, 0.3) is 11.5 Å². The quantitative estimate of drug-likeness (QED) is 0.618. The van der Waals surface area contributed by atoms with E-state index in [4.69, 9.17) is 4.74 Å². The van der Waals surface area contributed by atoms with E-state index in [1.54, 1.807) is 26.4 Å². The van der Waals surface area contributed by atoms with Crippen molar-refractivity contribution in [1.82, 2.24) is 25.2 Å². The molecule has 2 N–H and O–H groups in total. The molecule has 1 amide bonds. The topological polar surface area (TPSA) is 100 Å². The number of carbonyl (C=O) groups is 1. The van der Waals surface area contributed by atoms with Crippen molar-refractivity contribution in [3.8, 4) is 0 Å². The highest BCUT2D eigenvalue weighted by atomic mass is 16.5. The normalized spacial score (nSPS) is 16.7. The molecule has 1 aliphatic rings. The summed E-state index contributed by atoms with van der Waals surface area (Å²) in [5.41, 5.74) is 5.66. The maximum atomic E-state index is 12.1. The number of amides is 1. The largest absolute Gasteiger partial charge is 0.375 e. The van der Waals surface area contributed by atoms with E-state index < -0.39 is 0 Å². The van der Waals surface area contributed by atoms with Gasteiger partial charge in [0, 0.05) is 51.7 Å². The summed E-state index contributed by atoms with van der Waals surface area (Å²) in [4.78, 5) is 37.9. The maximum Gasteiger partial charge on any atom is 0.269 e. The Morgan fingerprint density at radius 1 is 1.28 bits per heavy atom. The van der Waals surface area contributed by atoms with Crippen LogP contribution >= 0.6 is 0 Å². The fourth-order valence-corrected chi connectivity index (χ4v) is 4.00. The summed E-state index contributed by atoms with van der Waals surface area (Å²) in [5.74, 6) is -0.208. The van der Waals surface area contributed by atoms with E-state index in [9.17, 15) is 9.59 Å². The monoisotopic (exact) mass is 433 g/mol. The molecule has 0 spiro atoms. The number of pyridine rings is 3. The molecule has 32 heavy (non-hydrogen) atoms. The Bertz CT molecular complexity index is 1220. The van der Waals surface area contributed by atoms with E-state index >= 15 is 0 Å². The molecule has 1 atom stereocenters. The van der Waals surface area contributed by atoms with Crippen LogP contribution in [0.15, 0.2) is 47.5 Å². The van der Waals surface area contributed by atoms with E-state index in [-0.39, 0.29) is 17.6 Å². The van der Waals surface area contributed by atoms with Crippen LogP contribution < -0.4 is 10.9 Å². The highest BCUT2D eigenvalue weighted by Crippen LogP contribution is 2.25. The first-order valence-electron chi connectivity index (χ1n) is 10.7. The molecule has 3 aromatic rings. The highest BCUT2D eigenvalue weighted by Gasteiger charge is 2.24. The van der Waals surface area contributed by atoms with Crippen molar-refractivity contribution in [3.63, 3.8) is 0 Å². The van der Waals surface area contributed by atoms with Crippen molar-refractivity contribution in [2.75, 3.05) is 27.2 Å². The lowest BCUT2D eigenvalue weighted by atomic mass is 9.97. The molecule has 0 fully saturated rings. The van der Waals surface area contributed by atoms with Gasteiger partial charge in [-0.05, 0) is 41.3 Å². The molecule has 1 unspecified atom stereocenters. The van der Waals surface area contributed by atoms with Gasteiger partial charge >= 0.3 is 0 Å². The van der Waals surface area contributed by atoms with Gasteiger partial charge in [0.15, 0.2) is 0 Å². The predicted molar refractivity (Wildman–Crippen MR) is 123 cm³/mol. The summed E-state index contributed by atoms with van der Waals surface area (Å²) in [6, 6.07) is 7.47. The van der Waals surface area contributed by atoms with Gasteiger partial charge in [-0.3, -0.25) is 24.5 Å². The number of aromatic amines is 1. The number of nitrogens with one attached hydrogen (secondary N) is 2. The van der Waals surface area contributed by atoms with Crippen molar-refractivity contribution < 1.29 is 9.53 Å². The number of H-pyrrole nitrogens is 1. The van der Waals surface area contributed by atoms with Gasteiger partial charge < -0.3 is 15.0 Å². The summed E-state index contributed by atoms with van der Waals surface area (Å²) in [6.07, 6.45) is 6.28. The Morgan fingerprint density at radius 3 is 2.81 bits per heavy atom. The van der Waals surface area contributed by atoms with Crippen LogP contribution in [0.2, 0.25) is 0 Å². The van der Waals surface area contributed by atoms with Crippen LogP contribution in [0, 0.1) is 0 Å². The van der Waals surface area contributed by atoms with E-state index in [1.807, 2.05) is 31.3 Å². The molecule has 0 bridgehead atoms. The molecule has 0 aromatic carbocycles. The lowest BCUT2D eigenvalue weighted by molar-refractivity contribution is 0.0958. The Hall–Kier alpha value is -3.36. The molecule has 4 heterocycles. The maximum absolute atomic E-state index is 12.1. The average molecular weight is 434 g/mol. The van der Waals surface area contributed by atoms with Crippen molar-refractivity contribution in [2.45, 2.75) is 26.0 Å². The molecule has 0 saturated carbocycles. The van der Waals surface area contributed by atoms with Gasteiger partial charge in [-0.2, -0.15) is 0 Å². The summed E-state index contributed by atoms with van der Waals surface area (Å²) in [7, 11) is 3.28. The predicted octanol–water partition coefficient (Wildman–Crippen LogP) is 2.15. The molecular formula is C24H27N5O3. The Balaban J connectivity index is 1.51. The third-order valence-electron chi connectivity index (χ3n) is 5.79. The second-order valence-corrected chi connectivity index (χ2v) is 7.84. The number of aromatic nitrogens is 3. The smallest absolute Gasteiger partial charge is 0.269 e. The summed E-state index contributed by atoms with van der Waals surface area (Å²) < 4.78 is 5.76. The fourth-order valence-electron chi connectivity index (χ4n) is 4.00. The van der Waals surface area contributed by atoms with Crippen LogP contribution in [-0.2, 0) is 17.7 Å². The molecule has 0 saturated heterocycles. The summed E-state index contributed by atoms with van der Waals surface area (Å²) >= 11 is 0. The molecule has 8 nitrogen and oxygen atoms in total. The van der Waals surface area contributed by atoms with Crippen molar-refractivity contribution >= 4 is 22.5 Å². The third-order valence-corrected chi connectivity index (χ3v) is 5.79. The number of hydrogen-bond acceptors (Lipinski definition) is 6. The molecule has 4 rings (SSSR count). The third kappa shape index (κ3) is 4.46. The van der Waals surface area contributed by atoms with Gasteiger partial charge in [-0.25, -0.2) is 0 Å². The zero-order valence-corrected chi connectivity index (χ0v) is 18.5. The molecule has 8 heteroatoms. The SMILES string of the molecule is CCc1cc2ncc(CN3CC=C(c4ccc(C(=O)NC)nc4)C(OC)C3)cc2[nH]c1=O. The van der Waals surface area contributed by atoms with E-state index in [2.05, 4.69) is 31.2 Å². The highest BCUT2D eigenvalue weighted by molar-refractivity contribution is 5.92. The van der Waals surface area contributed by atoms with E-state index in [0.717, 1.165) is 39.8 Å². The minimum Gasteiger partial charge on any atom is -0.375 e. The molecule has 1 aliphatic heterocycles. The average Bonchev–Trinajstić information content (AvgIpc) is 2.83. The Labute approximate surface area is 186 Å². The fraction of sp³-hybridized carbons (Fsp3) is 0.333. The van der Waals surface area contributed by atoms with Crippen LogP contribution in [-0.4, -0.2) is 59.1 Å². The van der Waals surface area contributed by atoms with E-state index in [0.29, 0.717) is 25.2 Å². The minimum atomic E-state index is -0.208. The van der Waals surface area contributed by atoms with Gasteiger partial charge in [-0.15, -0.1) is 0 Å². The molecule has 3 aromatic heterocycles. The zero-order valence-electron chi connectivity index (χ0n) is 18.5. The lowest BCUT2D eigenvalue weighted by Crippen LogP contribution is -2.38. The number of carbonyl (C=O) groups excluding carboxylic acids is 1. The van der Waals surface area contributed by atoms with Crippen LogP contribution in [0.3, 0.4) is 0 Å². The molecule has 166 valence electrons. The second-order valence-electron chi connectivity index (χ2n) is 7.84. The standard InChI is InChI=1S/C24H27N5O3/c1-4-16-10-20-21(28-23(16)30)9-15(11-26-20)13-29-8-7-18(22(14-29)32-3)17-5-6-19(27-12-17)24(31)25-2/h5-7,9-12,22H,4,8,13-14H2,1-3H3,(H,25,31)(H,28,30). The molecular weight excluding hydrogens is 406 g/mol. The molecule has 0 radical (unpaired) electrons. The van der Waals surface area contributed by atoms with E-state index in [1.165, 1.54) is 0 Å². The molecule has 0 aliphatic carbocycles. The number of fused-ring (bicyclic) bond motifs is 1. The summed E-state index contributed by atoms with van der Waals surface area (Å²) in [6.45, 7) is 4.11. The summed E-state index contributed by atoms with van der Waals surface area (Å²) in [5, 5.41) is 2.58. The van der Waals surface area contributed by atoms with Crippen LogP contribution in [0.4, 0.5) is 0 Å². The lowest BCUT2D eigenvalue weighted by Gasteiger charge is -2.32. The zero-order chi connectivity index (χ0) is 22.7. The second kappa shape index (κ2) is 9.42. The first-order chi connectivity index (χ1) is 15.5. The number of rotatable bonds is 6. The van der Waals surface area contributed by atoms with Crippen molar-refractivity contribution in [3.05, 3.63) is 75.5 Å². The number of methoxy groups -OCH3 is 1. The number of nitrogens with zero attached hydrogens (tertiary/aromatic N) is 3. The first-order valence-corrected chi connectivity index (χ1v) is 10.7. The van der Waals surface area contributed by atoms with Crippen molar-refractivity contribution in [2.24, 2.45) is 0 Å². The van der Waals surface area contributed by atoms with Crippen LogP contribution in [0.5, 0.6) is 0 Å². The van der Waals surface area contributed by atoms with Gasteiger partial charge in [0.1, 0.15) is 5.69 Å². The number of aryl methyl sites for hydroxylation is 1. The number of ether oxygens (including phenoxy) is 1. The van der Waals surface area contributed by atoms with Gasteiger partial charge in [-0.1, -0.05) is 19.1 Å². The van der Waals surface area contributed by atoms with Crippen molar-refractivity contribution in [1.29, 1.82) is 0 Å². The first kappa shape index (κ1) is 21.9. The minimum absolute atomic E-state index is 0.0556.